The average molecular weight is 198 g/mol. The molecule has 14 heavy (non-hydrogen) atoms. The third kappa shape index (κ3) is 0.723. The summed E-state index contributed by atoms with van der Waals surface area (Å²) in [5, 5.41) is 20.2. The number of hydrogen-bond donors (Lipinski definition) is 2. The SMILES string of the molecule is C[C@@H]1OC=C[C@@]2(O)[C@@H](O)[C@@H]3O[C@]3(C)[C@@H]12. The summed E-state index contributed by atoms with van der Waals surface area (Å²) in [4.78, 5) is 0. The predicted molar refractivity (Wildman–Crippen MR) is 47.4 cm³/mol. The Morgan fingerprint density at radius 3 is 2.79 bits per heavy atom. The Bertz CT molecular complexity index is 315. The summed E-state index contributed by atoms with van der Waals surface area (Å²) >= 11 is 0. The summed E-state index contributed by atoms with van der Waals surface area (Å²) in [6.45, 7) is 3.81. The first-order valence-corrected chi connectivity index (χ1v) is 4.91. The Hall–Kier alpha value is -0.580. The minimum Gasteiger partial charge on any atom is -0.498 e. The van der Waals surface area contributed by atoms with Gasteiger partial charge in [0.25, 0.3) is 0 Å². The number of fused-ring (bicyclic) bond motifs is 3. The second-order valence-electron chi connectivity index (χ2n) is 4.68. The summed E-state index contributed by atoms with van der Waals surface area (Å²) in [6.07, 6.45) is 1.81. The van der Waals surface area contributed by atoms with Gasteiger partial charge in [-0.3, -0.25) is 0 Å². The molecule has 1 aliphatic carbocycles. The molecule has 4 heteroatoms. The van der Waals surface area contributed by atoms with E-state index >= 15 is 0 Å². The number of aliphatic hydroxyl groups is 2. The van der Waals surface area contributed by atoms with Crippen molar-refractivity contribution in [1.82, 2.24) is 0 Å². The van der Waals surface area contributed by atoms with E-state index in [1.165, 1.54) is 6.26 Å². The number of epoxide rings is 1. The number of ether oxygens (including phenoxy) is 2. The standard InChI is InChI=1S/C10H14O4/c1-5-6-9(2)8(14-9)7(11)10(6,12)3-4-13-5/h3-8,11-12H,1-2H3/t5-,6+,7-,8-,9+,10-/m0/s1. The number of hydrogen-bond acceptors (Lipinski definition) is 4. The van der Waals surface area contributed by atoms with Crippen LogP contribution in [0.4, 0.5) is 0 Å². The zero-order valence-electron chi connectivity index (χ0n) is 8.18. The molecule has 3 rings (SSSR count). The molecule has 78 valence electrons. The van der Waals surface area contributed by atoms with Gasteiger partial charge in [0, 0.05) is 0 Å². The van der Waals surface area contributed by atoms with E-state index in [1.54, 1.807) is 6.08 Å². The second kappa shape index (κ2) is 2.15. The minimum atomic E-state index is -1.17. The summed E-state index contributed by atoms with van der Waals surface area (Å²) in [5.41, 5.74) is -1.59. The molecular weight excluding hydrogens is 184 g/mol. The van der Waals surface area contributed by atoms with E-state index in [0.29, 0.717) is 0 Å². The van der Waals surface area contributed by atoms with Crippen molar-refractivity contribution in [3.8, 4) is 0 Å². The van der Waals surface area contributed by atoms with E-state index in [0.717, 1.165) is 0 Å². The van der Waals surface area contributed by atoms with Gasteiger partial charge in [-0.2, -0.15) is 0 Å². The zero-order valence-corrected chi connectivity index (χ0v) is 8.18. The molecule has 1 saturated heterocycles. The van der Waals surface area contributed by atoms with Crippen molar-refractivity contribution in [2.24, 2.45) is 5.92 Å². The molecule has 2 aliphatic heterocycles. The second-order valence-corrected chi connectivity index (χ2v) is 4.68. The minimum absolute atomic E-state index is 0.128. The van der Waals surface area contributed by atoms with E-state index in [-0.39, 0.29) is 18.1 Å². The summed E-state index contributed by atoms with van der Waals surface area (Å²) < 4.78 is 10.8. The van der Waals surface area contributed by atoms with Gasteiger partial charge in [0.2, 0.25) is 0 Å². The summed E-state index contributed by atoms with van der Waals surface area (Å²) in [7, 11) is 0. The molecule has 3 aliphatic rings. The lowest BCUT2D eigenvalue weighted by atomic mass is 9.79. The molecule has 0 aromatic rings. The summed E-state index contributed by atoms with van der Waals surface area (Å²) in [5.74, 6) is -0.181. The van der Waals surface area contributed by atoms with Gasteiger partial charge in [0.1, 0.15) is 29.5 Å². The monoisotopic (exact) mass is 198 g/mol. The molecule has 6 atom stereocenters. The Labute approximate surface area is 82.1 Å². The van der Waals surface area contributed by atoms with Gasteiger partial charge in [0.15, 0.2) is 0 Å². The first-order valence-electron chi connectivity index (χ1n) is 4.91. The number of aliphatic hydroxyl groups excluding tert-OH is 1. The molecule has 1 saturated carbocycles. The van der Waals surface area contributed by atoms with Crippen molar-refractivity contribution in [2.45, 2.75) is 43.4 Å². The van der Waals surface area contributed by atoms with Crippen LogP contribution in [0, 0.1) is 5.92 Å². The lowest BCUT2D eigenvalue weighted by Crippen LogP contribution is -2.53. The van der Waals surface area contributed by atoms with Gasteiger partial charge < -0.3 is 19.7 Å². The van der Waals surface area contributed by atoms with Gasteiger partial charge in [-0.15, -0.1) is 0 Å². The Morgan fingerprint density at radius 2 is 2.14 bits per heavy atom. The third-order valence-electron chi connectivity index (χ3n) is 3.86. The van der Waals surface area contributed by atoms with Crippen molar-refractivity contribution >= 4 is 0 Å². The highest BCUT2D eigenvalue weighted by molar-refractivity contribution is 5.31. The highest BCUT2D eigenvalue weighted by atomic mass is 16.6. The smallest absolute Gasteiger partial charge is 0.124 e. The molecule has 2 heterocycles. The van der Waals surface area contributed by atoms with Gasteiger partial charge >= 0.3 is 0 Å². The maximum atomic E-state index is 10.3. The average Bonchev–Trinajstić information content (AvgIpc) is 2.72. The van der Waals surface area contributed by atoms with Crippen molar-refractivity contribution < 1.29 is 19.7 Å². The topological polar surface area (TPSA) is 62.2 Å². The molecule has 0 unspecified atom stereocenters. The van der Waals surface area contributed by atoms with E-state index in [1.807, 2.05) is 13.8 Å². The van der Waals surface area contributed by atoms with Crippen molar-refractivity contribution in [2.75, 3.05) is 0 Å². The molecule has 2 N–H and O–H groups in total. The molecule has 4 nitrogen and oxygen atoms in total. The maximum absolute atomic E-state index is 10.3. The maximum Gasteiger partial charge on any atom is 0.124 e. The van der Waals surface area contributed by atoms with Gasteiger partial charge in [-0.1, -0.05) is 0 Å². The highest BCUT2D eigenvalue weighted by Gasteiger charge is 2.77. The van der Waals surface area contributed by atoms with E-state index < -0.39 is 17.3 Å². The zero-order chi connectivity index (χ0) is 10.1. The fourth-order valence-corrected chi connectivity index (χ4v) is 3.15. The van der Waals surface area contributed by atoms with Crippen LogP contribution in [0.3, 0.4) is 0 Å². The molecule has 0 aromatic heterocycles. The fourth-order valence-electron chi connectivity index (χ4n) is 3.15. The van der Waals surface area contributed by atoms with E-state index in [4.69, 9.17) is 9.47 Å². The first-order chi connectivity index (χ1) is 6.50. The molecule has 2 fully saturated rings. The molecular formula is C10H14O4. The Kier molecular flexibility index (Phi) is 1.34. The van der Waals surface area contributed by atoms with Crippen molar-refractivity contribution in [1.29, 1.82) is 0 Å². The highest BCUT2D eigenvalue weighted by Crippen LogP contribution is 2.60. The van der Waals surface area contributed by atoms with Crippen LogP contribution >= 0.6 is 0 Å². The Morgan fingerprint density at radius 1 is 1.43 bits per heavy atom. The van der Waals surface area contributed by atoms with Crippen molar-refractivity contribution in [3.05, 3.63) is 12.3 Å². The van der Waals surface area contributed by atoms with Crippen LogP contribution in [-0.2, 0) is 9.47 Å². The molecule has 0 bridgehead atoms. The van der Waals surface area contributed by atoms with Crippen molar-refractivity contribution in [3.63, 3.8) is 0 Å². The van der Waals surface area contributed by atoms with E-state index in [9.17, 15) is 10.2 Å². The Balaban J connectivity index is 2.08. The van der Waals surface area contributed by atoms with Gasteiger partial charge in [-0.25, -0.2) is 0 Å². The van der Waals surface area contributed by atoms with Crippen LogP contribution < -0.4 is 0 Å². The molecule has 0 amide bonds. The first kappa shape index (κ1) is 8.71. The summed E-state index contributed by atoms with van der Waals surface area (Å²) in [6, 6.07) is 0. The lowest BCUT2D eigenvalue weighted by molar-refractivity contribution is -0.137. The third-order valence-corrected chi connectivity index (χ3v) is 3.86. The van der Waals surface area contributed by atoms with Crippen LogP contribution in [0.2, 0.25) is 0 Å². The quantitative estimate of drug-likeness (QED) is 0.529. The van der Waals surface area contributed by atoms with Gasteiger partial charge in [-0.05, 0) is 19.9 Å². The van der Waals surface area contributed by atoms with E-state index in [2.05, 4.69) is 0 Å². The van der Waals surface area contributed by atoms with Crippen LogP contribution in [-0.4, -0.2) is 39.7 Å². The normalized spacial score (nSPS) is 64.3. The predicted octanol–water partition coefficient (Wildman–Crippen LogP) is -0.202. The van der Waals surface area contributed by atoms with Crippen LogP contribution in [0.25, 0.3) is 0 Å². The molecule has 0 spiro atoms. The van der Waals surface area contributed by atoms with Crippen LogP contribution in [0.5, 0.6) is 0 Å². The van der Waals surface area contributed by atoms with Gasteiger partial charge in [0.05, 0.1) is 12.2 Å². The lowest BCUT2D eigenvalue weighted by Gasteiger charge is -2.39. The van der Waals surface area contributed by atoms with Crippen LogP contribution in [0.15, 0.2) is 12.3 Å². The fraction of sp³-hybridized carbons (Fsp3) is 0.800. The molecule has 0 aromatic carbocycles. The molecule has 0 radical (unpaired) electrons. The number of rotatable bonds is 0. The largest absolute Gasteiger partial charge is 0.498 e. The van der Waals surface area contributed by atoms with Crippen LogP contribution in [0.1, 0.15) is 13.8 Å².